The van der Waals surface area contributed by atoms with E-state index in [-0.39, 0.29) is 21.0 Å². The lowest BCUT2D eigenvalue weighted by molar-refractivity contribution is 0.0985. The van der Waals surface area contributed by atoms with Crippen molar-refractivity contribution in [3.05, 3.63) is 53.6 Å². The molecule has 9 heteroatoms. The molecule has 1 heterocycles. The minimum absolute atomic E-state index is 0.0701. The minimum atomic E-state index is -3.85. The number of hydrogen-bond acceptors (Lipinski definition) is 5. The highest BCUT2D eigenvalue weighted by molar-refractivity contribution is 7.92. The Morgan fingerprint density at radius 2 is 1.70 bits per heavy atom. The van der Waals surface area contributed by atoms with Crippen LogP contribution < -0.4 is 9.44 Å². The Hall–Kier alpha value is -2.39. The SMILES string of the molecule is Cc1ccc(S(=O)(=O)Nc2ccc3c(c2)C(=O)NS3(=O)=O)cc1. The summed E-state index contributed by atoms with van der Waals surface area (Å²) < 4.78 is 52.0. The van der Waals surface area contributed by atoms with Gasteiger partial charge in [-0.2, -0.15) is 0 Å². The summed E-state index contributed by atoms with van der Waals surface area (Å²) in [5.74, 6) is -0.781. The maximum atomic E-state index is 12.3. The lowest BCUT2D eigenvalue weighted by Gasteiger charge is -2.09. The Labute approximate surface area is 133 Å². The molecule has 120 valence electrons. The van der Waals surface area contributed by atoms with Crippen LogP contribution in [0.15, 0.2) is 52.3 Å². The Bertz CT molecular complexity index is 1010. The van der Waals surface area contributed by atoms with E-state index in [0.717, 1.165) is 5.56 Å². The van der Waals surface area contributed by atoms with Crippen LogP contribution in [0.25, 0.3) is 0 Å². The molecule has 0 bridgehead atoms. The first-order chi connectivity index (χ1) is 10.7. The van der Waals surface area contributed by atoms with E-state index in [0.29, 0.717) is 0 Å². The molecule has 7 nitrogen and oxygen atoms in total. The molecule has 0 saturated carbocycles. The number of amides is 1. The minimum Gasteiger partial charge on any atom is -0.280 e. The fraction of sp³-hybridized carbons (Fsp3) is 0.0714. The van der Waals surface area contributed by atoms with Crippen LogP contribution in [-0.4, -0.2) is 22.7 Å². The van der Waals surface area contributed by atoms with E-state index in [1.807, 2.05) is 11.6 Å². The zero-order valence-electron chi connectivity index (χ0n) is 11.9. The monoisotopic (exact) mass is 352 g/mol. The number of nitrogens with one attached hydrogen (secondary N) is 2. The number of aryl methyl sites for hydroxylation is 1. The smallest absolute Gasteiger partial charge is 0.266 e. The highest BCUT2D eigenvalue weighted by Gasteiger charge is 2.32. The zero-order valence-corrected chi connectivity index (χ0v) is 13.5. The molecule has 0 fully saturated rings. The Morgan fingerprint density at radius 3 is 2.35 bits per heavy atom. The topological polar surface area (TPSA) is 109 Å². The van der Waals surface area contributed by atoms with Gasteiger partial charge in [0.15, 0.2) is 0 Å². The molecule has 0 saturated heterocycles. The summed E-state index contributed by atoms with van der Waals surface area (Å²) in [4.78, 5) is 11.5. The lowest BCUT2D eigenvalue weighted by Crippen LogP contribution is -2.20. The van der Waals surface area contributed by atoms with Gasteiger partial charge in [0.2, 0.25) is 0 Å². The van der Waals surface area contributed by atoms with Crippen LogP contribution in [0.4, 0.5) is 5.69 Å². The second-order valence-electron chi connectivity index (χ2n) is 5.06. The van der Waals surface area contributed by atoms with Crippen molar-refractivity contribution in [3.8, 4) is 0 Å². The van der Waals surface area contributed by atoms with Gasteiger partial charge in [-0.05, 0) is 37.3 Å². The summed E-state index contributed by atoms with van der Waals surface area (Å²) in [6, 6.07) is 9.93. The van der Waals surface area contributed by atoms with Gasteiger partial charge in [0.1, 0.15) is 4.90 Å². The van der Waals surface area contributed by atoms with Gasteiger partial charge < -0.3 is 0 Å². The number of rotatable bonds is 3. The first-order valence-electron chi connectivity index (χ1n) is 6.50. The summed E-state index contributed by atoms with van der Waals surface area (Å²) >= 11 is 0. The van der Waals surface area contributed by atoms with Crippen molar-refractivity contribution >= 4 is 31.6 Å². The maximum absolute atomic E-state index is 12.3. The Balaban J connectivity index is 1.97. The highest BCUT2D eigenvalue weighted by atomic mass is 32.2. The number of carbonyl (C=O) groups excluding carboxylic acids is 1. The molecule has 0 aromatic heterocycles. The number of carbonyl (C=O) groups is 1. The molecular weight excluding hydrogens is 340 g/mol. The molecule has 0 radical (unpaired) electrons. The zero-order chi connectivity index (χ0) is 16.8. The second-order valence-corrected chi connectivity index (χ2v) is 8.40. The van der Waals surface area contributed by atoms with Crippen molar-refractivity contribution in [2.75, 3.05) is 4.72 Å². The van der Waals surface area contributed by atoms with E-state index >= 15 is 0 Å². The van der Waals surface area contributed by atoms with E-state index in [2.05, 4.69) is 4.72 Å². The fourth-order valence-corrected chi connectivity index (χ4v) is 4.37. The number of hydrogen-bond donors (Lipinski definition) is 2. The van der Waals surface area contributed by atoms with E-state index in [9.17, 15) is 21.6 Å². The highest BCUT2D eigenvalue weighted by Crippen LogP contribution is 2.26. The molecule has 0 aliphatic carbocycles. The Kier molecular flexibility index (Phi) is 3.42. The molecule has 0 unspecified atom stereocenters. The van der Waals surface area contributed by atoms with Crippen molar-refractivity contribution in [3.63, 3.8) is 0 Å². The summed E-state index contributed by atoms with van der Waals surface area (Å²) in [5.41, 5.74) is 0.939. The second kappa shape index (κ2) is 5.07. The van der Waals surface area contributed by atoms with E-state index in [1.54, 1.807) is 12.1 Å². The fourth-order valence-electron chi connectivity index (χ4n) is 2.17. The van der Waals surface area contributed by atoms with E-state index < -0.39 is 26.0 Å². The van der Waals surface area contributed by atoms with E-state index in [4.69, 9.17) is 0 Å². The van der Waals surface area contributed by atoms with Crippen molar-refractivity contribution < 1.29 is 21.6 Å². The summed E-state index contributed by atoms with van der Waals surface area (Å²) in [5, 5.41) is 0. The number of benzene rings is 2. The summed E-state index contributed by atoms with van der Waals surface area (Å²) in [7, 11) is -7.67. The molecule has 2 aromatic carbocycles. The normalized spacial score (nSPS) is 15.8. The van der Waals surface area contributed by atoms with Gasteiger partial charge in [-0.25, -0.2) is 21.6 Å². The van der Waals surface area contributed by atoms with Gasteiger partial charge in [0.25, 0.3) is 26.0 Å². The van der Waals surface area contributed by atoms with Gasteiger partial charge in [-0.1, -0.05) is 17.7 Å². The number of fused-ring (bicyclic) bond motifs is 1. The van der Waals surface area contributed by atoms with Crippen LogP contribution in [0.3, 0.4) is 0 Å². The molecule has 3 rings (SSSR count). The first kappa shape index (κ1) is 15.5. The third kappa shape index (κ3) is 2.80. The van der Waals surface area contributed by atoms with Crippen molar-refractivity contribution in [2.45, 2.75) is 16.7 Å². The lowest BCUT2D eigenvalue weighted by atomic mass is 10.2. The first-order valence-corrected chi connectivity index (χ1v) is 9.46. The molecule has 1 aliphatic heterocycles. The third-order valence-electron chi connectivity index (χ3n) is 3.32. The molecule has 1 aliphatic rings. The molecule has 0 spiro atoms. The Morgan fingerprint density at radius 1 is 1.04 bits per heavy atom. The number of sulfonamides is 2. The molecular formula is C14H12N2O5S2. The van der Waals surface area contributed by atoms with Gasteiger partial charge in [0, 0.05) is 5.69 Å². The maximum Gasteiger partial charge on any atom is 0.266 e. The van der Waals surface area contributed by atoms with Gasteiger partial charge in [-0.15, -0.1) is 0 Å². The average molecular weight is 352 g/mol. The largest absolute Gasteiger partial charge is 0.280 e. The standard InChI is InChI=1S/C14H12N2O5S2/c1-9-2-5-11(6-3-9)22(18,19)15-10-4-7-13-12(8-10)14(17)16-23(13,20)21/h2-8,15H,1H3,(H,16,17). The van der Waals surface area contributed by atoms with Crippen LogP contribution in [0.1, 0.15) is 15.9 Å². The van der Waals surface area contributed by atoms with Gasteiger partial charge >= 0.3 is 0 Å². The van der Waals surface area contributed by atoms with Crippen molar-refractivity contribution in [2.24, 2.45) is 0 Å². The van der Waals surface area contributed by atoms with E-state index in [1.165, 1.54) is 30.3 Å². The van der Waals surface area contributed by atoms with Gasteiger partial charge in [0.05, 0.1) is 10.5 Å². The van der Waals surface area contributed by atoms with Crippen LogP contribution in [0.2, 0.25) is 0 Å². The molecule has 1 amide bonds. The average Bonchev–Trinajstić information content (AvgIpc) is 2.68. The van der Waals surface area contributed by atoms with Crippen LogP contribution in [0.5, 0.6) is 0 Å². The predicted molar refractivity (Wildman–Crippen MR) is 83.1 cm³/mol. The summed E-state index contributed by atoms with van der Waals surface area (Å²) in [6.07, 6.45) is 0. The van der Waals surface area contributed by atoms with Crippen LogP contribution >= 0.6 is 0 Å². The molecule has 0 atom stereocenters. The number of anilines is 1. The molecule has 2 aromatic rings. The van der Waals surface area contributed by atoms with Crippen LogP contribution in [0, 0.1) is 6.92 Å². The third-order valence-corrected chi connectivity index (χ3v) is 6.11. The molecule has 2 N–H and O–H groups in total. The van der Waals surface area contributed by atoms with Crippen molar-refractivity contribution in [1.82, 2.24) is 4.72 Å². The predicted octanol–water partition coefficient (Wildman–Crippen LogP) is 1.23. The molecule has 23 heavy (non-hydrogen) atoms. The van der Waals surface area contributed by atoms with Crippen molar-refractivity contribution in [1.29, 1.82) is 0 Å². The van der Waals surface area contributed by atoms with Gasteiger partial charge in [-0.3, -0.25) is 9.52 Å². The van der Waals surface area contributed by atoms with Crippen LogP contribution in [-0.2, 0) is 20.0 Å². The quantitative estimate of drug-likeness (QED) is 0.863. The summed E-state index contributed by atoms with van der Waals surface area (Å²) in [6.45, 7) is 1.84.